The molecule has 1 aromatic rings. The first kappa shape index (κ1) is 13.7. The van der Waals surface area contributed by atoms with Crippen molar-refractivity contribution < 1.29 is 4.79 Å². The van der Waals surface area contributed by atoms with E-state index in [0.29, 0.717) is 11.7 Å². The lowest BCUT2D eigenvalue weighted by atomic mass is 9.93. The highest BCUT2D eigenvalue weighted by atomic mass is 16.2. The van der Waals surface area contributed by atoms with Gasteiger partial charge in [0.2, 0.25) is 5.91 Å². The van der Waals surface area contributed by atoms with Gasteiger partial charge in [-0.1, -0.05) is 20.8 Å². The fourth-order valence-electron chi connectivity index (χ4n) is 2.63. The lowest BCUT2D eigenvalue weighted by Crippen LogP contribution is -2.44. The van der Waals surface area contributed by atoms with E-state index in [-0.39, 0.29) is 11.3 Å². The highest BCUT2D eigenvalue weighted by Gasteiger charge is 2.30. The van der Waals surface area contributed by atoms with Crippen LogP contribution in [-0.2, 0) is 4.79 Å². The molecule has 1 aromatic heterocycles. The molecule has 4 heteroatoms. The molecule has 1 aliphatic heterocycles. The van der Waals surface area contributed by atoms with E-state index >= 15 is 0 Å². The zero-order valence-corrected chi connectivity index (χ0v) is 11.9. The van der Waals surface area contributed by atoms with E-state index in [4.69, 9.17) is 5.26 Å². The van der Waals surface area contributed by atoms with Gasteiger partial charge < -0.3 is 9.47 Å². The third kappa shape index (κ3) is 2.81. The first-order valence-corrected chi connectivity index (χ1v) is 6.80. The van der Waals surface area contributed by atoms with Crippen LogP contribution < -0.4 is 0 Å². The molecule has 1 saturated heterocycles. The Morgan fingerprint density at radius 2 is 2.00 bits per heavy atom. The lowest BCUT2D eigenvalue weighted by Gasteiger charge is -2.36. The van der Waals surface area contributed by atoms with Crippen LogP contribution in [0.25, 0.3) is 0 Å². The maximum absolute atomic E-state index is 12.2. The fourth-order valence-corrected chi connectivity index (χ4v) is 2.63. The molecule has 1 aliphatic rings. The van der Waals surface area contributed by atoms with E-state index in [9.17, 15) is 4.79 Å². The summed E-state index contributed by atoms with van der Waals surface area (Å²) in [4.78, 5) is 14.2. The average molecular weight is 259 g/mol. The number of nitrogens with zero attached hydrogens (tertiary/aromatic N) is 3. The Morgan fingerprint density at radius 3 is 2.53 bits per heavy atom. The Labute approximate surface area is 114 Å². The van der Waals surface area contributed by atoms with Gasteiger partial charge in [0, 0.05) is 30.7 Å². The van der Waals surface area contributed by atoms with Crippen molar-refractivity contribution in [3.05, 3.63) is 24.0 Å². The van der Waals surface area contributed by atoms with Crippen LogP contribution in [0.3, 0.4) is 0 Å². The number of amides is 1. The van der Waals surface area contributed by atoms with Gasteiger partial charge in [-0.05, 0) is 25.0 Å². The molecule has 0 atom stereocenters. The molecule has 102 valence electrons. The molecule has 2 rings (SSSR count). The molecule has 1 fully saturated rings. The van der Waals surface area contributed by atoms with E-state index in [1.807, 2.05) is 48.6 Å². The summed E-state index contributed by atoms with van der Waals surface area (Å²) in [6, 6.07) is 6.30. The van der Waals surface area contributed by atoms with Crippen molar-refractivity contribution in [2.45, 2.75) is 39.7 Å². The van der Waals surface area contributed by atoms with Gasteiger partial charge in [0.05, 0.1) is 0 Å². The number of nitriles is 1. The monoisotopic (exact) mass is 259 g/mol. The Hall–Kier alpha value is -1.76. The third-order valence-corrected chi connectivity index (χ3v) is 3.68. The van der Waals surface area contributed by atoms with Gasteiger partial charge in [-0.2, -0.15) is 5.26 Å². The second-order valence-electron chi connectivity index (χ2n) is 6.19. The topological polar surface area (TPSA) is 49.0 Å². The quantitative estimate of drug-likeness (QED) is 0.778. The maximum Gasteiger partial charge on any atom is 0.227 e. The number of carbonyl (C=O) groups excluding carboxylic acids is 1. The highest BCUT2D eigenvalue weighted by Crippen LogP contribution is 2.27. The van der Waals surface area contributed by atoms with Crippen LogP contribution in [0.1, 0.15) is 45.3 Å². The van der Waals surface area contributed by atoms with Crippen LogP contribution in [0.5, 0.6) is 0 Å². The number of likely N-dealkylation sites (tertiary alicyclic amines) is 1. The first-order chi connectivity index (χ1) is 8.93. The zero-order chi connectivity index (χ0) is 14.0. The van der Waals surface area contributed by atoms with Gasteiger partial charge in [0.1, 0.15) is 11.8 Å². The molecular weight excluding hydrogens is 238 g/mol. The van der Waals surface area contributed by atoms with E-state index < -0.39 is 0 Å². The normalized spacial score (nSPS) is 17.3. The third-order valence-electron chi connectivity index (χ3n) is 3.68. The minimum Gasteiger partial charge on any atom is -0.342 e. The first-order valence-electron chi connectivity index (χ1n) is 6.80. The van der Waals surface area contributed by atoms with E-state index in [1.165, 1.54) is 0 Å². The molecular formula is C15H21N3O. The Kier molecular flexibility index (Phi) is 3.66. The Morgan fingerprint density at radius 1 is 1.37 bits per heavy atom. The summed E-state index contributed by atoms with van der Waals surface area (Å²) >= 11 is 0. The van der Waals surface area contributed by atoms with Crippen LogP contribution in [-0.4, -0.2) is 28.5 Å². The molecule has 1 amide bonds. The summed E-state index contributed by atoms with van der Waals surface area (Å²) in [5.41, 5.74) is 0.401. The zero-order valence-electron chi connectivity index (χ0n) is 11.9. The van der Waals surface area contributed by atoms with Crippen molar-refractivity contribution in [3.8, 4) is 6.07 Å². The number of hydrogen-bond acceptors (Lipinski definition) is 2. The summed E-state index contributed by atoms with van der Waals surface area (Å²) < 4.78 is 2.04. The second-order valence-corrected chi connectivity index (χ2v) is 6.19. The largest absolute Gasteiger partial charge is 0.342 e. The highest BCUT2D eigenvalue weighted by molar-refractivity contribution is 5.81. The predicted molar refractivity (Wildman–Crippen MR) is 73.5 cm³/mol. The van der Waals surface area contributed by atoms with Crippen LogP contribution in [0, 0.1) is 16.7 Å². The van der Waals surface area contributed by atoms with Crippen molar-refractivity contribution in [1.29, 1.82) is 5.26 Å². The van der Waals surface area contributed by atoms with Crippen LogP contribution in [0.4, 0.5) is 0 Å². The summed E-state index contributed by atoms with van der Waals surface area (Å²) in [5.74, 6) is 0.221. The van der Waals surface area contributed by atoms with Gasteiger partial charge in [0.15, 0.2) is 0 Å². The summed E-state index contributed by atoms with van der Waals surface area (Å²) in [5, 5.41) is 9.05. The Balaban J connectivity index is 2.01. The van der Waals surface area contributed by atoms with Crippen LogP contribution >= 0.6 is 0 Å². The minimum absolute atomic E-state index is 0.221. The van der Waals surface area contributed by atoms with E-state index in [2.05, 4.69) is 6.07 Å². The minimum atomic E-state index is -0.307. The maximum atomic E-state index is 12.2. The summed E-state index contributed by atoms with van der Waals surface area (Å²) in [7, 11) is 0. The van der Waals surface area contributed by atoms with Gasteiger partial charge in [-0.3, -0.25) is 4.79 Å². The molecule has 0 unspecified atom stereocenters. The molecule has 0 N–H and O–H groups in total. The number of piperidine rings is 1. The molecule has 19 heavy (non-hydrogen) atoms. The molecule has 0 aromatic carbocycles. The Bertz CT molecular complexity index is 496. The van der Waals surface area contributed by atoms with Gasteiger partial charge in [-0.25, -0.2) is 0 Å². The molecule has 0 saturated carbocycles. The molecule has 2 heterocycles. The number of aromatic nitrogens is 1. The molecule has 0 radical (unpaired) electrons. The smallest absolute Gasteiger partial charge is 0.227 e. The standard InChI is InChI=1S/C15H21N3O/c1-15(2,3)14(19)17-9-6-12(7-10-17)18-8-4-5-13(18)11-16/h4-5,8,12H,6-7,9-10H2,1-3H3. The van der Waals surface area contributed by atoms with Crippen molar-refractivity contribution in [2.24, 2.45) is 5.41 Å². The number of carbonyl (C=O) groups is 1. The van der Waals surface area contributed by atoms with Gasteiger partial charge in [0.25, 0.3) is 0 Å². The molecule has 4 nitrogen and oxygen atoms in total. The predicted octanol–water partition coefficient (Wildman–Crippen LogP) is 2.57. The summed E-state index contributed by atoms with van der Waals surface area (Å²) in [6.45, 7) is 7.44. The van der Waals surface area contributed by atoms with Crippen LogP contribution in [0.15, 0.2) is 18.3 Å². The second kappa shape index (κ2) is 5.08. The SMILES string of the molecule is CC(C)(C)C(=O)N1CCC(n2cccc2C#N)CC1. The van der Waals surface area contributed by atoms with Crippen molar-refractivity contribution in [1.82, 2.24) is 9.47 Å². The molecule has 0 aliphatic carbocycles. The lowest BCUT2D eigenvalue weighted by molar-refractivity contribution is -0.140. The number of rotatable bonds is 1. The van der Waals surface area contributed by atoms with E-state index in [1.54, 1.807) is 0 Å². The van der Waals surface area contributed by atoms with Crippen molar-refractivity contribution in [3.63, 3.8) is 0 Å². The molecule has 0 bridgehead atoms. The fraction of sp³-hybridized carbons (Fsp3) is 0.600. The average Bonchev–Trinajstić information content (AvgIpc) is 2.85. The van der Waals surface area contributed by atoms with Crippen molar-refractivity contribution in [2.75, 3.05) is 13.1 Å². The van der Waals surface area contributed by atoms with Gasteiger partial charge in [-0.15, -0.1) is 0 Å². The van der Waals surface area contributed by atoms with E-state index in [0.717, 1.165) is 25.9 Å². The van der Waals surface area contributed by atoms with Gasteiger partial charge >= 0.3 is 0 Å². The van der Waals surface area contributed by atoms with Crippen molar-refractivity contribution >= 4 is 5.91 Å². The number of hydrogen-bond donors (Lipinski definition) is 0. The van der Waals surface area contributed by atoms with Crippen LogP contribution in [0.2, 0.25) is 0 Å². The summed E-state index contributed by atoms with van der Waals surface area (Å²) in [6.07, 6.45) is 3.81. The molecule has 0 spiro atoms.